The molecule has 8 heteroatoms. The third-order valence-electron chi connectivity index (χ3n) is 3.68. The topological polar surface area (TPSA) is 97.9 Å². The van der Waals surface area contributed by atoms with E-state index in [-0.39, 0.29) is 16.9 Å². The number of hydrogen-bond donors (Lipinski definition) is 1. The van der Waals surface area contributed by atoms with Crippen LogP contribution in [0.25, 0.3) is 21.8 Å². The van der Waals surface area contributed by atoms with Crippen LogP contribution in [0.2, 0.25) is 5.28 Å². The number of nitrogens with two attached hydrogens (primary N) is 1. The molecule has 122 valence electrons. The first-order chi connectivity index (χ1) is 12.1. The molecular weight excluding hydrogens is 340 g/mol. The number of aromatic nitrogens is 4. The monoisotopic (exact) mass is 350 g/mol. The normalized spacial score (nSPS) is 11.0. The average molecular weight is 351 g/mol. The number of para-hydroxylation sites is 2. The molecule has 4 rings (SSSR count). The summed E-state index contributed by atoms with van der Waals surface area (Å²) in [6.45, 7) is 0. The van der Waals surface area contributed by atoms with Gasteiger partial charge in [0.05, 0.1) is 11.0 Å². The zero-order valence-electron chi connectivity index (χ0n) is 12.8. The third-order valence-corrected chi connectivity index (χ3v) is 3.85. The fourth-order valence-corrected chi connectivity index (χ4v) is 2.67. The van der Waals surface area contributed by atoms with Gasteiger partial charge in [-0.05, 0) is 29.8 Å². The van der Waals surface area contributed by atoms with Crippen molar-refractivity contribution in [3.8, 4) is 0 Å². The molecule has 0 spiro atoms. The van der Waals surface area contributed by atoms with E-state index in [9.17, 15) is 4.79 Å². The molecule has 2 heterocycles. The van der Waals surface area contributed by atoms with Crippen molar-refractivity contribution in [2.45, 2.75) is 0 Å². The number of fused-ring (bicyclic) bond motifs is 2. The van der Waals surface area contributed by atoms with E-state index in [0.29, 0.717) is 16.4 Å². The molecule has 0 unspecified atom stereocenters. The molecule has 25 heavy (non-hydrogen) atoms. The standard InChI is InChI=1S/C17H11ClN6O/c18-17-22-13-8-4-2-6-11(13)15(23-17)24(19)16(25)14-20-9-10-5-1-3-7-12(10)21-14/h1-9H,19H2. The lowest BCUT2D eigenvalue weighted by molar-refractivity contribution is 0.0976. The number of hydrazine groups is 1. The van der Waals surface area contributed by atoms with Crippen LogP contribution in [0.5, 0.6) is 0 Å². The molecule has 2 aromatic carbocycles. The Morgan fingerprint density at radius 2 is 1.68 bits per heavy atom. The molecule has 2 N–H and O–H groups in total. The number of nitrogens with zero attached hydrogens (tertiary/aromatic N) is 5. The van der Waals surface area contributed by atoms with Gasteiger partial charge in [0, 0.05) is 17.0 Å². The first-order valence-corrected chi connectivity index (χ1v) is 7.74. The van der Waals surface area contributed by atoms with Gasteiger partial charge in [-0.2, -0.15) is 4.98 Å². The van der Waals surface area contributed by atoms with Gasteiger partial charge < -0.3 is 0 Å². The Labute approximate surface area is 147 Å². The summed E-state index contributed by atoms with van der Waals surface area (Å²) in [4.78, 5) is 29.3. The van der Waals surface area contributed by atoms with Crippen LogP contribution in [-0.2, 0) is 0 Å². The Balaban J connectivity index is 1.79. The van der Waals surface area contributed by atoms with Gasteiger partial charge in [0.15, 0.2) is 5.82 Å². The number of benzene rings is 2. The van der Waals surface area contributed by atoms with Gasteiger partial charge in [0.25, 0.3) is 0 Å². The third kappa shape index (κ3) is 2.75. The van der Waals surface area contributed by atoms with Crippen LogP contribution in [0.15, 0.2) is 54.7 Å². The predicted octanol–water partition coefficient (Wildman–Crippen LogP) is 2.75. The van der Waals surface area contributed by atoms with Gasteiger partial charge in [-0.3, -0.25) is 4.79 Å². The van der Waals surface area contributed by atoms with Crippen LogP contribution in [0.3, 0.4) is 0 Å². The summed E-state index contributed by atoms with van der Waals surface area (Å²) in [5, 5.41) is 2.32. The van der Waals surface area contributed by atoms with Crippen LogP contribution in [0, 0.1) is 0 Å². The number of carbonyl (C=O) groups is 1. The zero-order valence-corrected chi connectivity index (χ0v) is 13.6. The van der Waals surface area contributed by atoms with Gasteiger partial charge in [-0.25, -0.2) is 25.8 Å². The average Bonchev–Trinajstić information content (AvgIpc) is 2.65. The second kappa shape index (κ2) is 6.04. The van der Waals surface area contributed by atoms with Crippen LogP contribution in [-0.4, -0.2) is 25.8 Å². The number of hydrogen-bond acceptors (Lipinski definition) is 6. The lowest BCUT2D eigenvalue weighted by atomic mass is 10.2. The van der Waals surface area contributed by atoms with Crippen molar-refractivity contribution in [1.29, 1.82) is 0 Å². The molecular formula is C17H11ClN6O. The summed E-state index contributed by atoms with van der Waals surface area (Å²) in [6.07, 6.45) is 1.58. The van der Waals surface area contributed by atoms with Gasteiger partial charge >= 0.3 is 5.91 Å². The minimum Gasteiger partial charge on any atom is -0.263 e. The van der Waals surface area contributed by atoms with E-state index >= 15 is 0 Å². The quantitative estimate of drug-likeness (QED) is 0.258. The SMILES string of the molecule is NN(C(=O)c1ncc2ccccc2n1)c1nc(Cl)nc2ccccc12. The van der Waals surface area contributed by atoms with Crippen molar-refractivity contribution in [3.63, 3.8) is 0 Å². The predicted molar refractivity (Wildman–Crippen MR) is 95.1 cm³/mol. The molecule has 0 aliphatic heterocycles. The largest absolute Gasteiger partial charge is 0.311 e. The molecule has 0 fully saturated rings. The number of anilines is 1. The molecule has 2 aromatic heterocycles. The van der Waals surface area contributed by atoms with Crippen molar-refractivity contribution in [2.75, 3.05) is 5.01 Å². The van der Waals surface area contributed by atoms with Crippen LogP contribution >= 0.6 is 11.6 Å². The van der Waals surface area contributed by atoms with Crippen molar-refractivity contribution in [2.24, 2.45) is 5.84 Å². The van der Waals surface area contributed by atoms with Gasteiger partial charge in [0.1, 0.15) is 0 Å². The van der Waals surface area contributed by atoms with E-state index in [1.54, 1.807) is 30.5 Å². The molecule has 0 aliphatic carbocycles. The highest BCUT2D eigenvalue weighted by Crippen LogP contribution is 2.24. The van der Waals surface area contributed by atoms with Crippen LogP contribution in [0.1, 0.15) is 10.6 Å². The summed E-state index contributed by atoms with van der Waals surface area (Å²) in [5.74, 6) is 5.58. The maximum Gasteiger partial charge on any atom is 0.311 e. The number of amides is 1. The lowest BCUT2D eigenvalue weighted by Gasteiger charge is -2.16. The van der Waals surface area contributed by atoms with Gasteiger partial charge in [0.2, 0.25) is 11.1 Å². The molecule has 0 saturated heterocycles. The summed E-state index contributed by atoms with van der Waals surface area (Å²) in [6, 6.07) is 14.5. The Kier molecular flexibility index (Phi) is 3.72. The first-order valence-electron chi connectivity index (χ1n) is 7.37. The van der Waals surface area contributed by atoms with Crippen molar-refractivity contribution >= 4 is 45.1 Å². The summed E-state index contributed by atoms with van der Waals surface area (Å²) in [5.41, 5.74) is 1.24. The fourth-order valence-electron chi connectivity index (χ4n) is 2.49. The van der Waals surface area contributed by atoms with Crippen molar-refractivity contribution in [1.82, 2.24) is 19.9 Å². The van der Waals surface area contributed by atoms with Gasteiger partial charge in [-0.1, -0.05) is 30.3 Å². The highest BCUT2D eigenvalue weighted by atomic mass is 35.5. The highest BCUT2D eigenvalue weighted by molar-refractivity contribution is 6.29. The summed E-state index contributed by atoms with van der Waals surface area (Å²) >= 11 is 5.95. The minimum absolute atomic E-state index is 0.00335. The lowest BCUT2D eigenvalue weighted by Crippen LogP contribution is -2.39. The Hall–Kier alpha value is -3.16. The van der Waals surface area contributed by atoms with Crippen molar-refractivity contribution < 1.29 is 4.79 Å². The van der Waals surface area contributed by atoms with Gasteiger partial charge in [-0.15, -0.1) is 0 Å². The van der Waals surface area contributed by atoms with E-state index < -0.39 is 5.91 Å². The minimum atomic E-state index is -0.592. The summed E-state index contributed by atoms with van der Waals surface area (Å²) in [7, 11) is 0. The molecule has 4 aromatic rings. The van der Waals surface area contributed by atoms with E-state index in [2.05, 4.69) is 19.9 Å². The Morgan fingerprint density at radius 3 is 2.52 bits per heavy atom. The smallest absolute Gasteiger partial charge is 0.263 e. The number of carbonyl (C=O) groups excluding carboxylic acids is 1. The van der Waals surface area contributed by atoms with Crippen LogP contribution < -0.4 is 10.9 Å². The second-order valence-electron chi connectivity index (χ2n) is 5.26. The maximum atomic E-state index is 12.7. The first kappa shape index (κ1) is 15.4. The Bertz CT molecular complexity index is 1120. The Morgan fingerprint density at radius 1 is 0.960 bits per heavy atom. The van der Waals surface area contributed by atoms with E-state index in [4.69, 9.17) is 17.4 Å². The number of halogens is 1. The van der Waals surface area contributed by atoms with E-state index in [1.165, 1.54) is 0 Å². The molecule has 0 atom stereocenters. The van der Waals surface area contributed by atoms with E-state index in [1.807, 2.05) is 24.3 Å². The fraction of sp³-hybridized carbons (Fsp3) is 0. The molecule has 0 radical (unpaired) electrons. The molecule has 0 saturated carbocycles. The van der Waals surface area contributed by atoms with Crippen LogP contribution in [0.4, 0.5) is 5.82 Å². The van der Waals surface area contributed by atoms with Crippen molar-refractivity contribution in [3.05, 3.63) is 65.8 Å². The molecule has 7 nitrogen and oxygen atoms in total. The van der Waals surface area contributed by atoms with E-state index in [0.717, 1.165) is 10.4 Å². The zero-order chi connectivity index (χ0) is 17.4. The second-order valence-corrected chi connectivity index (χ2v) is 5.60. The maximum absolute atomic E-state index is 12.7. The number of rotatable bonds is 2. The molecule has 0 aliphatic rings. The summed E-state index contributed by atoms with van der Waals surface area (Å²) < 4.78 is 0. The molecule has 0 bridgehead atoms. The highest BCUT2D eigenvalue weighted by Gasteiger charge is 2.21. The molecule has 1 amide bonds.